The minimum absolute atomic E-state index is 0.829. The number of quaternary nitrogens is 1. The van der Waals surface area contributed by atoms with E-state index in [-0.39, 0.29) is 0 Å². The standard InChI is InChI=1S/C8H17BN3/c1-8-10(2)6-7-11(8)9-12(3,4)5/h6-7H,1-5H3/q+1. The average molecular weight is 166 g/mol. The Bertz CT molecular complexity index is 272. The Morgan fingerprint density at radius 1 is 1.42 bits per heavy atom. The lowest BCUT2D eigenvalue weighted by molar-refractivity contribution is -0.807. The molecule has 0 aromatic carbocycles. The Hall–Kier alpha value is -0.765. The first-order valence-corrected chi connectivity index (χ1v) is 4.10. The van der Waals surface area contributed by atoms with E-state index < -0.39 is 0 Å². The highest BCUT2D eigenvalue weighted by molar-refractivity contribution is 6.14. The molecule has 0 saturated heterocycles. The van der Waals surface area contributed by atoms with Crippen molar-refractivity contribution >= 4 is 7.55 Å². The first kappa shape index (κ1) is 9.32. The molecule has 0 aliphatic rings. The van der Waals surface area contributed by atoms with Crippen LogP contribution in [-0.2, 0) is 7.05 Å². The molecule has 3 nitrogen and oxygen atoms in total. The molecule has 66 valence electrons. The van der Waals surface area contributed by atoms with E-state index >= 15 is 0 Å². The third-order valence-corrected chi connectivity index (χ3v) is 1.81. The zero-order valence-electron chi connectivity index (χ0n) is 8.57. The number of aryl methyl sites for hydroxylation is 1. The molecule has 0 aliphatic carbocycles. The van der Waals surface area contributed by atoms with Crippen LogP contribution in [0.25, 0.3) is 0 Å². The minimum Gasteiger partial charge on any atom is -0.526 e. The van der Waals surface area contributed by atoms with Crippen molar-refractivity contribution in [3.05, 3.63) is 18.2 Å². The fourth-order valence-electron chi connectivity index (χ4n) is 1.06. The van der Waals surface area contributed by atoms with Gasteiger partial charge in [-0.05, 0) is 0 Å². The number of aromatic nitrogens is 2. The van der Waals surface area contributed by atoms with Gasteiger partial charge < -0.3 is 8.87 Å². The Morgan fingerprint density at radius 2 is 2.00 bits per heavy atom. The maximum atomic E-state index is 2.16. The van der Waals surface area contributed by atoms with Gasteiger partial charge in [-0.2, -0.15) is 0 Å². The SMILES string of the molecule is Cc1n(C)cc[n+]1[B-][N+](C)(C)C. The predicted octanol–water partition coefficient (Wildman–Crippen LogP) is -0.290. The van der Waals surface area contributed by atoms with E-state index in [1.54, 1.807) is 0 Å². The average Bonchev–Trinajstić information content (AvgIpc) is 2.16. The van der Waals surface area contributed by atoms with Crippen molar-refractivity contribution in [1.82, 2.24) is 4.57 Å². The smallest absolute Gasteiger partial charge is 0.282 e. The summed E-state index contributed by atoms with van der Waals surface area (Å²) in [5.41, 5.74) is 0. The number of hydrogen-bond donors (Lipinski definition) is 0. The van der Waals surface area contributed by atoms with Crippen LogP contribution in [0, 0.1) is 6.92 Å². The maximum absolute atomic E-state index is 2.16. The summed E-state index contributed by atoms with van der Waals surface area (Å²) in [5.74, 6) is 1.24. The Morgan fingerprint density at radius 3 is 2.33 bits per heavy atom. The molecule has 2 radical (unpaired) electrons. The fourth-order valence-corrected chi connectivity index (χ4v) is 1.06. The molecule has 0 bridgehead atoms. The summed E-state index contributed by atoms with van der Waals surface area (Å²) in [4.78, 5) is 0. The molecular weight excluding hydrogens is 149 g/mol. The van der Waals surface area contributed by atoms with E-state index in [2.05, 4.69) is 64.1 Å². The summed E-state index contributed by atoms with van der Waals surface area (Å²) in [7, 11) is 10.6. The van der Waals surface area contributed by atoms with Crippen LogP contribution in [-0.4, -0.2) is 37.7 Å². The van der Waals surface area contributed by atoms with Crippen LogP contribution in [0.3, 0.4) is 0 Å². The van der Waals surface area contributed by atoms with Crippen LogP contribution in [0.15, 0.2) is 12.4 Å². The molecule has 0 saturated carbocycles. The Balaban J connectivity index is 2.83. The van der Waals surface area contributed by atoms with Crippen molar-refractivity contribution in [2.45, 2.75) is 6.92 Å². The van der Waals surface area contributed by atoms with E-state index in [1.807, 2.05) is 0 Å². The van der Waals surface area contributed by atoms with Crippen molar-refractivity contribution in [3.63, 3.8) is 0 Å². The first-order chi connectivity index (χ1) is 5.40. The molecule has 0 fully saturated rings. The first-order valence-electron chi connectivity index (χ1n) is 4.10. The van der Waals surface area contributed by atoms with Gasteiger partial charge in [0.15, 0.2) is 0 Å². The van der Waals surface area contributed by atoms with E-state index in [0.29, 0.717) is 0 Å². The van der Waals surface area contributed by atoms with Gasteiger partial charge in [-0.3, -0.25) is 0 Å². The second-order valence-electron chi connectivity index (χ2n) is 4.10. The Kier molecular flexibility index (Phi) is 2.28. The van der Waals surface area contributed by atoms with Gasteiger partial charge in [0.05, 0.1) is 13.2 Å². The number of rotatable bonds is 2. The molecule has 1 rings (SSSR count). The molecule has 0 amide bonds. The van der Waals surface area contributed by atoms with Crippen LogP contribution < -0.4 is 4.48 Å². The van der Waals surface area contributed by atoms with Gasteiger partial charge in [-0.25, -0.2) is 4.57 Å². The third-order valence-electron chi connectivity index (χ3n) is 1.81. The lowest BCUT2D eigenvalue weighted by Gasteiger charge is -2.34. The maximum Gasteiger partial charge on any atom is 0.282 e. The summed E-state index contributed by atoms with van der Waals surface area (Å²) in [5, 5.41) is 0. The molecule has 0 aliphatic heterocycles. The van der Waals surface area contributed by atoms with Gasteiger partial charge in [-0.1, -0.05) is 0 Å². The predicted molar refractivity (Wildman–Crippen MR) is 49.5 cm³/mol. The second kappa shape index (κ2) is 2.94. The van der Waals surface area contributed by atoms with Crippen LogP contribution in [0.4, 0.5) is 0 Å². The minimum atomic E-state index is 0.829. The Labute approximate surface area is 75.1 Å². The van der Waals surface area contributed by atoms with Crippen LogP contribution >= 0.6 is 0 Å². The van der Waals surface area contributed by atoms with Crippen molar-refractivity contribution in [3.8, 4) is 0 Å². The van der Waals surface area contributed by atoms with E-state index in [0.717, 1.165) is 4.39 Å². The summed E-state index contributed by atoms with van der Waals surface area (Å²) >= 11 is 0. The molecule has 1 aromatic rings. The highest BCUT2D eigenvalue weighted by atomic mass is 15.3. The van der Waals surface area contributed by atoms with E-state index in [9.17, 15) is 0 Å². The van der Waals surface area contributed by atoms with E-state index in [4.69, 9.17) is 0 Å². The zero-order valence-corrected chi connectivity index (χ0v) is 8.57. The lowest BCUT2D eigenvalue weighted by atomic mass is 10.1. The normalized spacial score (nSPS) is 12.1. The van der Waals surface area contributed by atoms with Crippen molar-refractivity contribution < 1.29 is 8.87 Å². The van der Waals surface area contributed by atoms with Crippen LogP contribution in [0.5, 0.6) is 0 Å². The van der Waals surface area contributed by atoms with Crippen molar-refractivity contribution in [1.29, 1.82) is 0 Å². The van der Waals surface area contributed by atoms with Gasteiger partial charge in [-0.15, -0.1) is 0 Å². The summed E-state index contributed by atoms with van der Waals surface area (Å²) < 4.78 is 5.07. The quantitative estimate of drug-likeness (QED) is 0.534. The molecule has 4 heteroatoms. The van der Waals surface area contributed by atoms with Crippen molar-refractivity contribution in [2.75, 3.05) is 21.1 Å². The summed E-state index contributed by atoms with van der Waals surface area (Å²) in [6.45, 7) is 2.10. The van der Waals surface area contributed by atoms with E-state index in [1.165, 1.54) is 5.82 Å². The topological polar surface area (TPSA) is 8.81 Å². The van der Waals surface area contributed by atoms with Gasteiger partial charge in [0.2, 0.25) is 5.82 Å². The van der Waals surface area contributed by atoms with Gasteiger partial charge >= 0.3 is 0 Å². The molecule has 12 heavy (non-hydrogen) atoms. The van der Waals surface area contributed by atoms with Gasteiger partial charge in [0.25, 0.3) is 7.55 Å². The van der Waals surface area contributed by atoms with Crippen LogP contribution in [0.1, 0.15) is 5.82 Å². The highest BCUT2D eigenvalue weighted by Gasteiger charge is 2.07. The van der Waals surface area contributed by atoms with Crippen LogP contribution in [0.2, 0.25) is 0 Å². The number of nitrogens with zero attached hydrogens (tertiary/aromatic N) is 3. The second-order valence-corrected chi connectivity index (χ2v) is 4.10. The zero-order chi connectivity index (χ0) is 9.35. The monoisotopic (exact) mass is 166 g/mol. The molecule has 0 N–H and O–H groups in total. The lowest BCUT2D eigenvalue weighted by Crippen LogP contribution is -2.57. The molecule has 0 spiro atoms. The highest BCUT2D eigenvalue weighted by Crippen LogP contribution is 1.89. The molecule has 0 unspecified atom stereocenters. The fraction of sp³-hybridized carbons (Fsp3) is 0.625. The number of imidazole rings is 1. The third kappa shape index (κ3) is 2.11. The van der Waals surface area contributed by atoms with Gasteiger partial charge in [0.1, 0.15) is 6.20 Å². The summed E-state index contributed by atoms with van der Waals surface area (Å²) in [6, 6.07) is 0. The number of hydrogen-bond acceptors (Lipinski definition) is 0. The molecular formula is C8H17BN3+. The largest absolute Gasteiger partial charge is 0.526 e. The molecule has 0 atom stereocenters. The molecule has 1 heterocycles. The summed E-state index contributed by atoms with van der Waals surface area (Å²) in [6.07, 6.45) is 4.13. The van der Waals surface area contributed by atoms with Gasteiger partial charge in [0, 0.05) is 28.1 Å². The van der Waals surface area contributed by atoms with Crippen molar-refractivity contribution in [2.24, 2.45) is 7.05 Å². The molecule has 1 aromatic heterocycles.